The number of nitrogens with zero attached hydrogens (tertiary/aromatic N) is 1. The monoisotopic (exact) mass is 723 g/mol. The van der Waals surface area contributed by atoms with Crippen molar-refractivity contribution in [2.45, 2.75) is 37.0 Å². The molecule has 6 unspecified atom stereocenters. The van der Waals surface area contributed by atoms with Crippen LogP contribution in [-0.2, 0) is 29.4 Å². The fourth-order valence-electron chi connectivity index (χ4n) is 8.84. The molecule has 2 fully saturated rings. The zero-order chi connectivity index (χ0) is 34.6. The molecule has 1 saturated carbocycles. The fourth-order valence-corrected chi connectivity index (χ4v) is 9.30. The minimum absolute atomic E-state index is 0.000245. The summed E-state index contributed by atoms with van der Waals surface area (Å²) >= 11 is 3.47. The molecular formula is C39H34BrNO8. The van der Waals surface area contributed by atoms with Crippen LogP contribution in [0, 0.1) is 23.7 Å². The van der Waals surface area contributed by atoms with Gasteiger partial charge in [0.1, 0.15) is 0 Å². The number of fused-ring (bicyclic) bond motifs is 4. The first-order chi connectivity index (χ1) is 23.6. The number of Topliss-reactive ketones (excluding diaryl/α,β-unsaturated/α-hetero) is 1. The van der Waals surface area contributed by atoms with Gasteiger partial charge in [-0.2, -0.15) is 0 Å². The van der Waals surface area contributed by atoms with Gasteiger partial charge in [-0.25, -0.2) is 0 Å². The van der Waals surface area contributed by atoms with Crippen LogP contribution in [0.5, 0.6) is 11.5 Å². The molecule has 7 rings (SSSR count). The van der Waals surface area contributed by atoms with Gasteiger partial charge in [-0.05, 0) is 76.0 Å². The Bertz CT molecular complexity index is 1950. The van der Waals surface area contributed by atoms with Crippen molar-refractivity contribution in [2.75, 3.05) is 13.7 Å². The zero-order valence-corrected chi connectivity index (χ0v) is 28.3. The normalized spacial score (nSPS) is 27.6. The number of amides is 2. The summed E-state index contributed by atoms with van der Waals surface area (Å²) in [6, 6.07) is 21.7. The van der Waals surface area contributed by atoms with Gasteiger partial charge in [0, 0.05) is 30.4 Å². The van der Waals surface area contributed by atoms with Crippen LogP contribution in [0.2, 0.25) is 0 Å². The smallest absolute Gasteiger partial charge is 0.303 e. The van der Waals surface area contributed by atoms with Crippen LogP contribution in [0.25, 0.3) is 5.57 Å². The highest BCUT2D eigenvalue weighted by molar-refractivity contribution is 9.10. The van der Waals surface area contributed by atoms with Crippen LogP contribution in [0.3, 0.4) is 0 Å². The van der Waals surface area contributed by atoms with Gasteiger partial charge in [0.25, 0.3) is 0 Å². The Morgan fingerprint density at radius 1 is 0.980 bits per heavy atom. The van der Waals surface area contributed by atoms with Crippen molar-refractivity contribution < 1.29 is 38.9 Å². The molecule has 0 bridgehead atoms. The van der Waals surface area contributed by atoms with Gasteiger partial charge in [-0.15, -0.1) is 0 Å². The molecular weight excluding hydrogens is 690 g/mol. The van der Waals surface area contributed by atoms with E-state index in [0.29, 0.717) is 26.7 Å². The number of carboxylic acids is 1. The number of allylic oxidation sites excluding steroid dienone is 4. The van der Waals surface area contributed by atoms with Crippen molar-refractivity contribution in [3.63, 3.8) is 0 Å². The highest BCUT2D eigenvalue weighted by Gasteiger charge is 2.65. The number of carboxylic acid groups (broad SMARTS) is 1. The summed E-state index contributed by atoms with van der Waals surface area (Å²) in [4.78, 5) is 70.3. The third kappa shape index (κ3) is 5.07. The molecule has 1 heterocycles. The molecule has 3 aromatic carbocycles. The topological polar surface area (TPSA) is 138 Å². The SMILES string of the molecule is COc1cc(C2C3=CCC4C(=O)N(CCCC(=O)O)C(=O)C4C3CC3C(=O)C(c4ccccc4)=CC(=O)C32c2ccccc2)cc(Br)c1O. The molecule has 4 aliphatic rings. The number of hydrogen-bond acceptors (Lipinski definition) is 7. The quantitative estimate of drug-likeness (QED) is 0.218. The number of phenolic OH excluding ortho intramolecular Hbond substituents is 1. The van der Waals surface area contributed by atoms with Crippen molar-refractivity contribution in [1.29, 1.82) is 0 Å². The largest absolute Gasteiger partial charge is 0.503 e. The summed E-state index contributed by atoms with van der Waals surface area (Å²) in [6.45, 7) is 0.000245. The Balaban J connectivity index is 1.46. The van der Waals surface area contributed by atoms with Gasteiger partial charge in [0.05, 0.1) is 28.8 Å². The van der Waals surface area contributed by atoms with E-state index in [2.05, 4.69) is 15.9 Å². The van der Waals surface area contributed by atoms with Crippen LogP contribution < -0.4 is 4.74 Å². The van der Waals surface area contributed by atoms with Crippen LogP contribution in [0.4, 0.5) is 0 Å². The molecule has 2 N–H and O–H groups in total. The van der Waals surface area contributed by atoms with Crippen molar-refractivity contribution in [3.05, 3.63) is 112 Å². The fraction of sp³-hybridized carbons (Fsp3) is 0.308. The van der Waals surface area contributed by atoms with Crippen LogP contribution in [0.15, 0.2) is 95.0 Å². The molecule has 2 amide bonds. The van der Waals surface area contributed by atoms with E-state index >= 15 is 4.79 Å². The van der Waals surface area contributed by atoms with E-state index in [1.807, 2.05) is 54.6 Å². The number of methoxy groups -OCH3 is 1. The molecule has 0 spiro atoms. The predicted molar refractivity (Wildman–Crippen MR) is 183 cm³/mol. The minimum atomic E-state index is -1.42. The summed E-state index contributed by atoms with van der Waals surface area (Å²) in [5.41, 5.74) is 1.55. The molecule has 9 nitrogen and oxygen atoms in total. The molecule has 0 radical (unpaired) electrons. The number of imide groups is 1. The number of aliphatic carboxylic acids is 1. The lowest BCUT2D eigenvalue weighted by molar-refractivity contribution is -0.142. The van der Waals surface area contributed by atoms with E-state index in [9.17, 15) is 29.4 Å². The van der Waals surface area contributed by atoms with Crippen molar-refractivity contribution in [1.82, 2.24) is 4.90 Å². The molecule has 3 aromatic rings. The van der Waals surface area contributed by atoms with E-state index in [1.54, 1.807) is 24.3 Å². The van der Waals surface area contributed by atoms with E-state index in [4.69, 9.17) is 4.74 Å². The summed E-state index contributed by atoms with van der Waals surface area (Å²) < 4.78 is 5.89. The van der Waals surface area contributed by atoms with Crippen LogP contribution in [-0.4, -0.2) is 58.1 Å². The average molecular weight is 725 g/mol. The number of phenols is 1. The van der Waals surface area contributed by atoms with Crippen LogP contribution in [0.1, 0.15) is 48.3 Å². The second kappa shape index (κ2) is 12.6. The van der Waals surface area contributed by atoms with Crippen molar-refractivity contribution >= 4 is 50.9 Å². The predicted octanol–water partition coefficient (Wildman–Crippen LogP) is 5.85. The second-order valence-electron chi connectivity index (χ2n) is 13.2. The number of aromatic hydroxyl groups is 1. The van der Waals surface area contributed by atoms with Crippen molar-refractivity contribution in [3.8, 4) is 11.5 Å². The third-order valence-electron chi connectivity index (χ3n) is 10.8. The lowest BCUT2D eigenvalue weighted by Crippen LogP contribution is -2.58. The Morgan fingerprint density at radius 3 is 2.35 bits per heavy atom. The van der Waals surface area contributed by atoms with Gasteiger partial charge >= 0.3 is 5.97 Å². The van der Waals surface area contributed by atoms with Crippen molar-refractivity contribution in [2.24, 2.45) is 23.7 Å². The Hall–Kier alpha value is -4.83. The number of benzene rings is 3. The number of likely N-dealkylation sites (tertiary alicyclic amines) is 1. The Labute approximate surface area is 291 Å². The average Bonchev–Trinajstić information content (AvgIpc) is 3.35. The van der Waals surface area contributed by atoms with Gasteiger partial charge in [-0.3, -0.25) is 28.9 Å². The second-order valence-corrected chi connectivity index (χ2v) is 14.0. The molecule has 6 atom stereocenters. The minimum Gasteiger partial charge on any atom is -0.503 e. The molecule has 250 valence electrons. The number of carbonyl (C=O) groups is 5. The Kier molecular flexibility index (Phi) is 8.39. The maximum atomic E-state index is 15.1. The standard InChI is InChI=1S/C39H34BrNO8/c1-49-30-18-22(17-29(40)36(30)46)34-24-14-15-25-33(38(48)41(37(25)47)16-8-13-32(43)44)27(24)19-28-35(45)26(21-9-4-2-5-10-21)20-31(42)39(28,34)23-11-6-3-7-12-23/h2-7,9-12,14,17-18,20,25,27-28,33-34,46H,8,13,15-16,19H2,1H3,(H,43,44). The number of halogens is 1. The van der Waals surface area contributed by atoms with Gasteiger partial charge < -0.3 is 14.9 Å². The van der Waals surface area contributed by atoms with Gasteiger partial charge in [-0.1, -0.05) is 72.3 Å². The van der Waals surface area contributed by atoms with E-state index < -0.39 is 41.0 Å². The third-order valence-corrected chi connectivity index (χ3v) is 11.4. The van der Waals surface area contributed by atoms with E-state index in [0.717, 1.165) is 5.57 Å². The molecule has 1 aliphatic heterocycles. The first-order valence-electron chi connectivity index (χ1n) is 16.3. The maximum Gasteiger partial charge on any atom is 0.303 e. The van der Waals surface area contributed by atoms with Gasteiger partial charge in [0.2, 0.25) is 11.8 Å². The number of ether oxygens (including phenoxy) is 1. The van der Waals surface area contributed by atoms with Crippen LogP contribution >= 0.6 is 15.9 Å². The van der Waals surface area contributed by atoms with E-state index in [1.165, 1.54) is 18.1 Å². The number of hydrogen-bond donors (Lipinski definition) is 2. The zero-order valence-electron chi connectivity index (χ0n) is 26.7. The summed E-state index contributed by atoms with van der Waals surface area (Å²) in [5.74, 6) is -5.79. The number of carbonyl (C=O) groups excluding carboxylic acids is 4. The van der Waals surface area contributed by atoms with Gasteiger partial charge in [0.15, 0.2) is 23.1 Å². The first-order valence-corrected chi connectivity index (χ1v) is 17.1. The summed E-state index contributed by atoms with van der Waals surface area (Å²) in [6.07, 6.45) is 3.80. The molecule has 0 aromatic heterocycles. The Morgan fingerprint density at radius 2 is 1.67 bits per heavy atom. The summed E-state index contributed by atoms with van der Waals surface area (Å²) in [7, 11) is 1.43. The summed E-state index contributed by atoms with van der Waals surface area (Å²) in [5, 5.41) is 20.0. The molecule has 10 heteroatoms. The highest BCUT2D eigenvalue weighted by atomic mass is 79.9. The first kappa shape index (κ1) is 32.7. The highest BCUT2D eigenvalue weighted by Crippen LogP contribution is 2.64. The van der Waals surface area contributed by atoms with E-state index in [-0.39, 0.29) is 67.1 Å². The lowest BCUT2D eigenvalue weighted by atomic mass is 9.44. The molecule has 1 saturated heterocycles. The molecule has 3 aliphatic carbocycles. The number of ketones is 2. The lowest BCUT2D eigenvalue weighted by Gasteiger charge is -2.55. The maximum absolute atomic E-state index is 15.1. The molecule has 49 heavy (non-hydrogen) atoms. The number of rotatable bonds is 8.